The molecule has 0 aromatic rings. The average Bonchev–Trinajstić information content (AvgIpc) is 2.13. The Morgan fingerprint density at radius 3 is 2.82 bits per heavy atom. The fourth-order valence-corrected chi connectivity index (χ4v) is 1.04. The van der Waals surface area contributed by atoms with Crippen LogP contribution in [0.1, 0.15) is 20.8 Å². The van der Waals surface area contributed by atoms with E-state index in [0.29, 0.717) is 12.5 Å². The Hall–Kier alpha value is -0.340. The minimum Gasteiger partial charge on any atom is -0.348 e. The maximum atomic E-state index is 5.56. The van der Waals surface area contributed by atoms with Gasteiger partial charge in [-0.3, -0.25) is 0 Å². The summed E-state index contributed by atoms with van der Waals surface area (Å²) in [6, 6.07) is 0. The smallest absolute Gasteiger partial charge is 0.161 e. The number of hydrogen-bond acceptors (Lipinski definition) is 2. The lowest BCUT2D eigenvalue weighted by Crippen LogP contribution is -2.25. The Balaban J connectivity index is 2.45. The predicted molar refractivity (Wildman–Crippen MR) is 44.3 cm³/mol. The van der Waals surface area contributed by atoms with Crippen LogP contribution in [-0.4, -0.2) is 19.0 Å². The van der Waals surface area contributed by atoms with Crippen molar-refractivity contribution in [2.24, 2.45) is 5.92 Å². The average molecular weight is 156 g/mol. The summed E-state index contributed by atoms with van der Waals surface area (Å²) in [4.78, 5) is 0. The number of hydrogen-bond donors (Lipinski definition) is 0. The van der Waals surface area contributed by atoms with Crippen molar-refractivity contribution in [3.8, 4) is 0 Å². The second-order valence-corrected chi connectivity index (χ2v) is 3.22. The van der Waals surface area contributed by atoms with Gasteiger partial charge in [-0.2, -0.15) is 0 Å². The van der Waals surface area contributed by atoms with E-state index in [4.69, 9.17) is 9.47 Å². The van der Waals surface area contributed by atoms with Crippen LogP contribution >= 0.6 is 0 Å². The van der Waals surface area contributed by atoms with Crippen LogP contribution in [-0.2, 0) is 9.47 Å². The zero-order valence-corrected chi connectivity index (χ0v) is 7.41. The number of rotatable bonds is 1. The molecule has 0 spiro atoms. The molecule has 0 saturated heterocycles. The molecule has 0 bridgehead atoms. The van der Waals surface area contributed by atoms with Gasteiger partial charge < -0.3 is 9.47 Å². The maximum absolute atomic E-state index is 5.56. The van der Waals surface area contributed by atoms with Crippen molar-refractivity contribution in [1.29, 1.82) is 0 Å². The highest BCUT2D eigenvalue weighted by atomic mass is 16.7. The van der Waals surface area contributed by atoms with Crippen LogP contribution in [0.2, 0.25) is 0 Å². The van der Waals surface area contributed by atoms with E-state index in [0.717, 1.165) is 0 Å². The molecule has 2 atom stereocenters. The standard InChI is InChI=1S/C9H16O2/c1-7(2)9-10-6-4-5-8(3)11-9/h4-5,7-9H,6H2,1-3H3. The molecular weight excluding hydrogens is 140 g/mol. The SMILES string of the molecule is CC1C=CCOC(C(C)C)O1. The van der Waals surface area contributed by atoms with Gasteiger partial charge in [0.25, 0.3) is 0 Å². The maximum Gasteiger partial charge on any atom is 0.161 e. The van der Waals surface area contributed by atoms with E-state index in [2.05, 4.69) is 13.8 Å². The Bertz CT molecular complexity index is 140. The molecule has 0 fully saturated rings. The lowest BCUT2D eigenvalue weighted by atomic mass is 10.2. The zero-order chi connectivity index (χ0) is 8.27. The molecule has 64 valence electrons. The molecule has 11 heavy (non-hydrogen) atoms. The highest BCUT2D eigenvalue weighted by Crippen LogP contribution is 2.13. The summed E-state index contributed by atoms with van der Waals surface area (Å²) in [5, 5.41) is 0. The minimum absolute atomic E-state index is 0.0417. The first-order valence-corrected chi connectivity index (χ1v) is 4.14. The Kier molecular flexibility index (Phi) is 3.09. The van der Waals surface area contributed by atoms with Gasteiger partial charge >= 0.3 is 0 Å². The van der Waals surface area contributed by atoms with Gasteiger partial charge in [0.2, 0.25) is 0 Å². The summed E-state index contributed by atoms with van der Waals surface area (Å²) in [5.74, 6) is 0.428. The summed E-state index contributed by atoms with van der Waals surface area (Å²) in [6.45, 7) is 6.90. The summed E-state index contributed by atoms with van der Waals surface area (Å²) in [5.41, 5.74) is 0. The third-order valence-corrected chi connectivity index (χ3v) is 1.66. The Morgan fingerprint density at radius 2 is 2.18 bits per heavy atom. The van der Waals surface area contributed by atoms with Crippen molar-refractivity contribution in [2.75, 3.05) is 6.61 Å². The third kappa shape index (κ3) is 2.64. The summed E-state index contributed by atoms with van der Waals surface area (Å²) >= 11 is 0. The highest BCUT2D eigenvalue weighted by Gasteiger charge is 2.17. The van der Waals surface area contributed by atoms with Gasteiger partial charge in [0.05, 0.1) is 12.7 Å². The van der Waals surface area contributed by atoms with Crippen molar-refractivity contribution in [3.05, 3.63) is 12.2 Å². The third-order valence-electron chi connectivity index (χ3n) is 1.66. The van der Waals surface area contributed by atoms with Gasteiger partial charge in [-0.05, 0) is 6.92 Å². The molecular formula is C9H16O2. The van der Waals surface area contributed by atoms with Gasteiger partial charge in [-0.15, -0.1) is 0 Å². The van der Waals surface area contributed by atoms with Gasteiger partial charge in [-0.25, -0.2) is 0 Å². The van der Waals surface area contributed by atoms with Crippen LogP contribution in [0, 0.1) is 5.92 Å². The normalized spacial score (nSPS) is 32.4. The quantitative estimate of drug-likeness (QED) is 0.540. The molecule has 0 N–H and O–H groups in total. The van der Waals surface area contributed by atoms with E-state index < -0.39 is 0 Å². The fourth-order valence-electron chi connectivity index (χ4n) is 1.04. The van der Waals surface area contributed by atoms with E-state index >= 15 is 0 Å². The molecule has 0 aromatic heterocycles. The van der Waals surface area contributed by atoms with Crippen LogP contribution in [0.3, 0.4) is 0 Å². The molecule has 0 aromatic carbocycles. The van der Waals surface area contributed by atoms with Gasteiger partial charge in [-0.1, -0.05) is 26.0 Å². The van der Waals surface area contributed by atoms with Crippen molar-refractivity contribution >= 4 is 0 Å². The van der Waals surface area contributed by atoms with Crippen LogP contribution in [0.5, 0.6) is 0 Å². The summed E-state index contributed by atoms with van der Waals surface area (Å²) in [7, 11) is 0. The zero-order valence-electron chi connectivity index (χ0n) is 7.41. The van der Waals surface area contributed by atoms with Crippen LogP contribution < -0.4 is 0 Å². The lowest BCUT2D eigenvalue weighted by molar-refractivity contribution is -0.167. The van der Waals surface area contributed by atoms with Crippen LogP contribution in [0.15, 0.2) is 12.2 Å². The highest BCUT2D eigenvalue weighted by molar-refractivity contribution is 4.89. The molecule has 2 nitrogen and oxygen atoms in total. The first kappa shape index (κ1) is 8.75. The monoisotopic (exact) mass is 156 g/mol. The van der Waals surface area contributed by atoms with Crippen molar-refractivity contribution in [3.63, 3.8) is 0 Å². The Morgan fingerprint density at radius 1 is 1.45 bits per heavy atom. The van der Waals surface area contributed by atoms with Crippen LogP contribution in [0.25, 0.3) is 0 Å². The summed E-state index contributed by atoms with van der Waals surface area (Å²) < 4.78 is 11.0. The van der Waals surface area contributed by atoms with E-state index in [9.17, 15) is 0 Å². The first-order valence-electron chi connectivity index (χ1n) is 4.14. The number of ether oxygens (including phenoxy) is 2. The predicted octanol–water partition coefficient (Wildman–Crippen LogP) is 1.96. The molecule has 0 amide bonds. The van der Waals surface area contributed by atoms with E-state index in [1.165, 1.54) is 0 Å². The first-order chi connectivity index (χ1) is 5.20. The molecule has 2 heteroatoms. The second kappa shape index (κ2) is 3.88. The van der Waals surface area contributed by atoms with E-state index in [1.807, 2.05) is 19.1 Å². The molecule has 0 radical (unpaired) electrons. The van der Waals surface area contributed by atoms with Gasteiger partial charge in [0.15, 0.2) is 6.29 Å². The Labute approximate surface area is 68.2 Å². The van der Waals surface area contributed by atoms with Gasteiger partial charge in [0, 0.05) is 5.92 Å². The van der Waals surface area contributed by atoms with Crippen molar-refractivity contribution in [1.82, 2.24) is 0 Å². The topological polar surface area (TPSA) is 18.5 Å². The second-order valence-electron chi connectivity index (χ2n) is 3.22. The molecule has 1 aliphatic rings. The lowest BCUT2D eigenvalue weighted by Gasteiger charge is -2.21. The molecule has 1 heterocycles. The largest absolute Gasteiger partial charge is 0.348 e. The van der Waals surface area contributed by atoms with Gasteiger partial charge in [0.1, 0.15) is 0 Å². The molecule has 0 saturated carbocycles. The van der Waals surface area contributed by atoms with E-state index in [1.54, 1.807) is 0 Å². The molecule has 0 aliphatic carbocycles. The van der Waals surface area contributed by atoms with Crippen molar-refractivity contribution < 1.29 is 9.47 Å². The molecule has 1 aliphatic heterocycles. The van der Waals surface area contributed by atoms with E-state index in [-0.39, 0.29) is 12.4 Å². The molecule has 2 unspecified atom stereocenters. The summed E-state index contributed by atoms with van der Waals surface area (Å²) in [6.07, 6.45) is 4.18. The fraction of sp³-hybridized carbons (Fsp3) is 0.778. The molecule has 1 rings (SSSR count). The van der Waals surface area contributed by atoms with Crippen LogP contribution in [0.4, 0.5) is 0 Å². The minimum atomic E-state index is -0.0417. The van der Waals surface area contributed by atoms with Crippen molar-refractivity contribution in [2.45, 2.75) is 33.2 Å².